The molecule has 0 saturated heterocycles. The van der Waals surface area contributed by atoms with Gasteiger partial charge in [0.05, 0.1) is 17.3 Å². The van der Waals surface area contributed by atoms with Crippen LogP contribution in [0.1, 0.15) is 16.8 Å². The van der Waals surface area contributed by atoms with E-state index in [9.17, 15) is 10.1 Å². The van der Waals surface area contributed by atoms with E-state index in [1.54, 1.807) is 13.0 Å². The standard InChI is InChI=1S/C13H11N5O2/c1-9-10(3-2-4-12(9)18(19)20)6-16-13-8-15-11(5-14)7-17-13/h2-4,7-8H,6H2,1H3,(H,16,17). The first-order chi connectivity index (χ1) is 9.61. The Morgan fingerprint density at radius 2 is 2.20 bits per heavy atom. The molecule has 0 aliphatic heterocycles. The van der Waals surface area contributed by atoms with Gasteiger partial charge < -0.3 is 5.32 Å². The molecule has 0 fully saturated rings. The van der Waals surface area contributed by atoms with E-state index in [0.717, 1.165) is 5.56 Å². The minimum atomic E-state index is -0.402. The van der Waals surface area contributed by atoms with E-state index in [4.69, 9.17) is 5.26 Å². The maximum atomic E-state index is 10.9. The average molecular weight is 269 g/mol. The van der Waals surface area contributed by atoms with Crippen molar-refractivity contribution in [2.75, 3.05) is 5.32 Å². The molecule has 0 radical (unpaired) electrons. The van der Waals surface area contributed by atoms with E-state index in [-0.39, 0.29) is 11.4 Å². The molecule has 0 amide bonds. The summed E-state index contributed by atoms with van der Waals surface area (Å²) in [7, 11) is 0. The van der Waals surface area contributed by atoms with Crippen LogP contribution in [0.2, 0.25) is 0 Å². The number of nitro benzene ring substituents is 1. The Morgan fingerprint density at radius 3 is 2.80 bits per heavy atom. The molecule has 0 atom stereocenters. The average Bonchev–Trinajstić information content (AvgIpc) is 2.46. The number of nitriles is 1. The molecule has 0 aliphatic rings. The van der Waals surface area contributed by atoms with E-state index in [0.29, 0.717) is 17.9 Å². The van der Waals surface area contributed by atoms with E-state index in [1.807, 2.05) is 12.1 Å². The van der Waals surface area contributed by atoms with Crippen molar-refractivity contribution in [3.05, 3.63) is 57.5 Å². The van der Waals surface area contributed by atoms with Gasteiger partial charge in [0, 0.05) is 18.2 Å². The van der Waals surface area contributed by atoms with Crippen molar-refractivity contribution in [2.45, 2.75) is 13.5 Å². The molecule has 1 heterocycles. The summed E-state index contributed by atoms with van der Waals surface area (Å²) in [5, 5.41) is 22.5. The monoisotopic (exact) mass is 269 g/mol. The van der Waals surface area contributed by atoms with Crippen LogP contribution in [0.3, 0.4) is 0 Å². The van der Waals surface area contributed by atoms with Gasteiger partial charge in [-0.3, -0.25) is 10.1 Å². The Labute approximate surface area is 115 Å². The van der Waals surface area contributed by atoms with Crippen molar-refractivity contribution in [1.29, 1.82) is 5.26 Å². The van der Waals surface area contributed by atoms with Gasteiger partial charge in [0.1, 0.15) is 11.9 Å². The van der Waals surface area contributed by atoms with Crippen LogP contribution in [0.25, 0.3) is 0 Å². The smallest absolute Gasteiger partial charge is 0.272 e. The summed E-state index contributed by atoms with van der Waals surface area (Å²) in [6, 6.07) is 6.81. The maximum Gasteiger partial charge on any atom is 0.272 e. The molecule has 1 N–H and O–H groups in total. The quantitative estimate of drug-likeness (QED) is 0.673. The lowest BCUT2D eigenvalue weighted by molar-refractivity contribution is -0.385. The lowest BCUT2D eigenvalue weighted by Gasteiger charge is -2.08. The number of anilines is 1. The number of nitrogens with zero attached hydrogens (tertiary/aromatic N) is 4. The van der Waals surface area contributed by atoms with Crippen molar-refractivity contribution >= 4 is 11.5 Å². The molecular weight excluding hydrogens is 258 g/mol. The molecule has 0 aliphatic carbocycles. The third kappa shape index (κ3) is 2.87. The Bertz CT molecular complexity index is 676. The molecule has 0 unspecified atom stereocenters. The van der Waals surface area contributed by atoms with Crippen LogP contribution in [-0.2, 0) is 6.54 Å². The molecule has 0 bridgehead atoms. The zero-order valence-electron chi connectivity index (χ0n) is 10.7. The highest BCUT2D eigenvalue weighted by atomic mass is 16.6. The van der Waals surface area contributed by atoms with Gasteiger partial charge in [-0.1, -0.05) is 12.1 Å². The lowest BCUT2D eigenvalue weighted by atomic mass is 10.1. The summed E-state index contributed by atoms with van der Waals surface area (Å²) in [5.74, 6) is 0.509. The second kappa shape index (κ2) is 5.75. The fourth-order valence-corrected chi connectivity index (χ4v) is 1.72. The van der Waals surface area contributed by atoms with Crippen molar-refractivity contribution in [3.8, 4) is 6.07 Å². The second-order valence-corrected chi connectivity index (χ2v) is 4.07. The predicted molar refractivity (Wildman–Crippen MR) is 71.9 cm³/mol. The Hall–Kier alpha value is -3.01. The lowest BCUT2D eigenvalue weighted by Crippen LogP contribution is -2.05. The Morgan fingerprint density at radius 1 is 1.40 bits per heavy atom. The van der Waals surface area contributed by atoms with Gasteiger partial charge >= 0.3 is 0 Å². The maximum absolute atomic E-state index is 10.9. The summed E-state index contributed by atoms with van der Waals surface area (Å²) in [4.78, 5) is 18.4. The molecular formula is C13H11N5O2. The normalized spacial score (nSPS) is 9.80. The van der Waals surface area contributed by atoms with Gasteiger partial charge in [0.25, 0.3) is 5.69 Å². The Kier molecular flexibility index (Phi) is 3.86. The van der Waals surface area contributed by atoms with Crippen molar-refractivity contribution in [3.63, 3.8) is 0 Å². The number of nitro groups is 1. The van der Waals surface area contributed by atoms with Crippen LogP contribution >= 0.6 is 0 Å². The summed E-state index contributed by atoms with van der Waals surface area (Å²) in [6.45, 7) is 2.10. The van der Waals surface area contributed by atoms with Crippen LogP contribution in [0.5, 0.6) is 0 Å². The molecule has 7 nitrogen and oxygen atoms in total. The number of hydrogen-bond acceptors (Lipinski definition) is 6. The molecule has 7 heteroatoms. The molecule has 0 saturated carbocycles. The van der Waals surface area contributed by atoms with Crippen LogP contribution in [0, 0.1) is 28.4 Å². The highest BCUT2D eigenvalue weighted by Crippen LogP contribution is 2.21. The number of benzene rings is 1. The van der Waals surface area contributed by atoms with Gasteiger partial charge in [-0.25, -0.2) is 9.97 Å². The van der Waals surface area contributed by atoms with Gasteiger partial charge in [-0.05, 0) is 12.5 Å². The van der Waals surface area contributed by atoms with Gasteiger partial charge in [0.2, 0.25) is 0 Å². The minimum absolute atomic E-state index is 0.0928. The molecule has 1 aromatic carbocycles. The fraction of sp³-hybridized carbons (Fsp3) is 0.154. The van der Waals surface area contributed by atoms with E-state index in [2.05, 4.69) is 15.3 Å². The number of hydrogen-bond donors (Lipinski definition) is 1. The summed E-state index contributed by atoms with van der Waals surface area (Å²) < 4.78 is 0. The molecule has 2 rings (SSSR count). The predicted octanol–water partition coefficient (Wildman–Crippen LogP) is 2.18. The van der Waals surface area contributed by atoms with Gasteiger partial charge in [0.15, 0.2) is 5.69 Å². The molecule has 1 aromatic heterocycles. The summed E-state index contributed by atoms with van der Waals surface area (Å²) in [6.07, 6.45) is 2.81. The van der Waals surface area contributed by atoms with Crippen LogP contribution in [-0.4, -0.2) is 14.9 Å². The number of rotatable bonds is 4. The van der Waals surface area contributed by atoms with Gasteiger partial charge in [-0.2, -0.15) is 5.26 Å². The third-order valence-corrected chi connectivity index (χ3v) is 2.84. The first-order valence-electron chi connectivity index (χ1n) is 5.80. The largest absolute Gasteiger partial charge is 0.365 e. The first kappa shape index (κ1) is 13.4. The summed E-state index contributed by atoms with van der Waals surface area (Å²) in [5.41, 5.74) is 1.76. The van der Waals surface area contributed by atoms with Gasteiger partial charge in [-0.15, -0.1) is 0 Å². The molecule has 20 heavy (non-hydrogen) atoms. The number of nitrogens with one attached hydrogen (secondary N) is 1. The van der Waals surface area contributed by atoms with Crippen LogP contribution < -0.4 is 5.32 Å². The summed E-state index contributed by atoms with van der Waals surface area (Å²) >= 11 is 0. The second-order valence-electron chi connectivity index (χ2n) is 4.07. The van der Waals surface area contributed by atoms with Crippen LogP contribution in [0.4, 0.5) is 11.5 Å². The SMILES string of the molecule is Cc1c(CNc2cnc(C#N)cn2)cccc1[N+](=O)[O-]. The van der Waals surface area contributed by atoms with E-state index >= 15 is 0 Å². The molecule has 2 aromatic rings. The van der Waals surface area contributed by atoms with Crippen LogP contribution in [0.15, 0.2) is 30.6 Å². The first-order valence-corrected chi connectivity index (χ1v) is 5.80. The topological polar surface area (TPSA) is 105 Å². The van der Waals surface area contributed by atoms with E-state index < -0.39 is 4.92 Å². The Balaban J connectivity index is 2.13. The third-order valence-electron chi connectivity index (χ3n) is 2.84. The zero-order valence-corrected chi connectivity index (χ0v) is 10.7. The zero-order chi connectivity index (χ0) is 14.5. The van der Waals surface area contributed by atoms with E-state index in [1.165, 1.54) is 18.5 Å². The molecule has 0 spiro atoms. The molecule has 100 valence electrons. The highest BCUT2D eigenvalue weighted by molar-refractivity contribution is 5.46. The van der Waals surface area contributed by atoms with Crippen molar-refractivity contribution in [1.82, 2.24) is 9.97 Å². The minimum Gasteiger partial charge on any atom is -0.365 e. The fourth-order valence-electron chi connectivity index (χ4n) is 1.72. The van der Waals surface area contributed by atoms with Crippen molar-refractivity contribution < 1.29 is 4.92 Å². The highest BCUT2D eigenvalue weighted by Gasteiger charge is 2.12. The van der Waals surface area contributed by atoms with Crippen molar-refractivity contribution in [2.24, 2.45) is 0 Å². The number of aromatic nitrogens is 2.